The maximum absolute atomic E-state index is 14.5. The van der Waals surface area contributed by atoms with Crippen molar-refractivity contribution in [2.24, 2.45) is 0 Å². The highest BCUT2D eigenvalue weighted by Gasteiger charge is 2.17. The zero-order valence-electron chi connectivity index (χ0n) is 13.6. The predicted molar refractivity (Wildman–Crippen MR) is 97.5 cm³/mol. The molecule has 0 atom stereocenters. The highest BCUT2D eigenvalue weighted by Crippen LogP contribution is 2.36. The Morgan fingerprint density at radius 3 is 2.40 bits per heavy atom. The minimum atomic E-state index is -0.499. The van der Waals surface area contributed by atoms with Gasteiger partial charge in [0.15, 0.2) is 0 Å². The van der Waals surface area contributed by atoms with E-state index in [1.165, 1.54) is 6.07 Å². The second-order valence-corrected chi connectivity index (χ2v) is 6.02. The van der Waals surface area contributed by atoms with Crippen LogP contribution in [0.5, 0.6) is 5.75 Å². The van der Waals surface area contributed by atoms with Crippen molar-refractivity contribution in [1.82, 2.24) is 0 Å². The van der Waals surface area contributed by atoms with Gasteiger partial charge in [-0.25, -0.2) is 9.18 Å². The molecule has 0 amide bonds. The Kier molecular flexibility index (Phi) is 3.69. The van der Waals surface area contributed by atoms with Crippen LogP contribution < -0.4 is 4.74 Å². The molecule has 0 aliphatic carbocycles. The van der Waals surface area contributed by atoms with Crippen LogP contribution in [0.2, 0.25) is 0 Å². The lowest BCUT2D eigenvalue weighted by Gasteiger charge is -2.12. The van der Waals surface area contributed by atoms with E-state index in [-0.39, 0.29) is 5.75 Å². The van der Waals surface area contributed by atoms with Gasteiger partial charge in [0.25, 0.3) is 0 Å². The highest BCUT2D eigenvalue weighted by atomic mass is 19.1. The number of aryl methyl sites for hydroxylation is 1. The molecule has 2 nitrogen and oxygen atoms in total. The number of ether oxygens (including phenoxy) is 1. The Morgan fingerprint density at radius 1 is 0.880 bits per heavy atom. The number of halogens is 1. The summed E-state index contributed by atoms with van der Waals surface area (Å²) in [5.74, 6) is -0.646. The molecule has 4 rings (SSSR count). The Hall–Kier alpha value is -3.20. The first-order valence-corrected chi connectivity index (χ1v) is 8.02. The van der Waals surface area contributed by atoms with Crippen molar-refractivity contribution in [3.63, 3.8) is 0 Å². The van der Waals surface area contributed by atoms with Gasteiger partial charge in [0, 0.05) is 5.39 Å². The number of hydrogen-bond donors (Lipinski definition) is 0. The van der Waals surface area contributed by atoms with Crippen LogP contribution in [0.3, 0.4) is 0 Å². The summed E-state index contributed by atoms with van der Waals surface area (Å²) in [6, 6.07) is 21.3. The summed E-state index contributed by atoms with van der Waals surface area (Å²) in [6.45, 7) is 1.95. The number of carbonyl (C=O) groups is 1. The largest absolute Gasteiger partial charge is 0.421 e. The number of rotatable bonds is 2. The molecule has 0 aliphatic rings. The van der Waals surface area contributed by atoms with Crippen molar-refractivity contribution >= 4 is 27.5 Å². The van der Waals surface area contributed by atoms with E-state index in [2.05, 4.69) is 0 Å². The van der Waals surface area contributed by atoms with Crippen LogP contribution in [0.15, 0.2) is 72.8 Å². The van der Waals surface area contributed by atoms with Crippen LogP contribution in [0, 0.1) is 12.7 Å². The Bertz CT molecular complexity index is 1100. The van der Waals surface area contributed by atoms with Gasteiger partial charge in [-0.15, -0.1) is 0 Å². The van der Waals surface area contributed by atoms with Gasteiger partial charge >= 0.3 is 5.97 Å². The van der Waals surface area contributed by atoms with E-state index in [1.54, 1.807) is 18.2 Å². The van der Waals surface area contributed by atoms with Crippen molar-refractivity contribution in [2.75, 3.05) is 0 Å². The van der Waals surface area contributed by atoms with Crippen LogP contribution in [0.25, 0.3) is 21.5 Å². The van der Waals surface area contributed by atoms with Crippen LogP contribution >= 0.6 is 0 Å². The molecule has 0 N–H and O–H groups in total. The first kappa shape index (κ1) is 15.3. The number of fused-ring (bicyclic) bond motifs is 2. The van der Waals surface area contributed by atoms with E-state index >= 15 is 0 Å². The number of esters is 1. The highest BCUT2D eigenvalue weighted by molar-refractivity contribution is 6.07. The molecule has 0 spiro atoms. The minimum absolute atomic E-state index is 0.261. The van der Waals surface area contributed by atoms with Crippen molar-refractivity contribution in [3.05, 3.63) is 89.7 Å². The lowest BCUT2D eigenvalue weighted by atomic mass is 10.0. The molecular formula is C22H15FO2. The lowest BCUT2D eigenvalue weighted by Crippen LogP contribution is -2.09. The molecule has 4 aromatic carbocycles. The van der Waals surface area contributed by atoms with Gasteiger partial charge in [-0.3, -0.25) is 0 Å². The molecule has 4 aromatic rings. The van der Waals surface area contributed by atoms with Crippen molar-refractivity contribution in [2.45, 2.75) is 6.92 Å². The third kappa shape index (κ3) is 2.74. The van der Waals surface area contributed by atoms with E-state index in [1.807, 2.05) is 55.5 Å². The first-order chi connectivity index (χ1) is 12.1. The van der Waals surface area contributed by atoms with Gasteiger partial charge in [-0.2, -0.15) is 0 Å². The summed E-state index contributed by atoms with van der Waals surface area (Å²) >= 11 is 0. The van der Waals surface area contributed by atoms with Crippen LogP contribution in [0.4, 0.5) is 4.39 Å². The monoisotopic (exact) mass is 330 g/mol. The standard InChI is InChI=1S/C22H15FO2/c1-14-9-11-15(12-10-14)22(24)25-21-18-7-3-2-5-16(18)13-17-6-4-8-19(23)20(17)21/h2-13H,1H3. The first-order valence-electron chi connectivity index (χ1n) is 8.02. The third-order valence-electron chi connectivity index (χ3n) is 4.27. The smallest absolute Gasteiger partial charge is 0.343 e. The third-order valence-corrected chi connectivity index (χ3v) is 4.27. The Balaban J connectivity index is 1.91. The molecular weight excluding hydrogens is 315 g/mol. The Labute approximate surface area is 144 Å². The molecule has 0 saturated carbocycles. The summed E-state index contributed by atoms with van der Waals surface area (Å²) in [5.41, 5.74) is 1.49. The predicted octanol–water partition coefficient (Wildman–Crippen LogP) is 5.66. The van der Waals surface area contributed by atoms with E-state index in [0.717, 1.165) is 10.9 Å². The summed E-state index contributed by atoms with van der Waals surface area (Å²) in [5, 5.41) is 2.62. The number of benzene rings is 4. The van der Waals surface area contributed by atoms with E-state index in [4.69, 9.17) is 4.74 Å². The Morgan fingerprint density at radius 2 is 1.60 bits per heavy atom. The normalized spacial score (nSPS) is 11.0. The molecule has 0 radical (unpaired) electrons. The molecule has 0 unspecified atom stereocenters. The van der Waals surface area contributed by atoms with Gasteiger partial charge in [-0.05, 0) is 42.0 Å². The molecule has 0 heterocycles. The molecule has 0 aliphatic heterocycles. The second-order valence-electron chi connectivity index (χ2n) is 6.02. The van der Waals surface area contributed by atoms with Gasteiger partial charge in [-0.1, -0.05) is 54.1 Å². The van der Waals surface area contributed by atoms with Crippen LogP contribution in [-0.2, 0) is 0 Å². The average molecular weight is 330 g/mol. The fourth-order valence-corrected chi connectivity index (χ4v) is 2.98. The summed E-state index contributed by atoms with van der Waals surface area (Å²) in [7, 11) is 0. The van der Waals surface area contributed by atoms with E-state index < -0.39 is 11.8 Å². The van der Waals surface area contributed by atoms with E-state index in [9.17, 15) is 9.18 Å². The van der Waals surface area contributed by atoms with Crippen LogP contribution in [-0.4, -0.2) is 5.97 Å². The maximum Gasteiger partial charge on any atom is 0.343 e. The fraction of sp³-hybridized carbons (Fsp3) is 0.0455. The average Bonchev–Trinajstić information content (AvgIpc) is 2.62. The summed E-state index contributed by atoms with van der Waals surface area (Å²) in [4.78, 5) is 12.6. The molecule has 25 heavy (non-hydrogen) atoms. The van der Waals surface area contributed by atoms with Crippen molar-refractivity contribution < 1.29 is 13.9 Å². The summed E-state index contributed by atoms with van der Waals surface area (Å²) in [6.07, 6.45) is 0. The van der Waals surface area contributed by atoms with Crippen molar-refractivity contribution in [1.29, 1.82) is 0 Å². The fourth-order valence-electron chi connectivity index (χ4n) is 2.98. The van der Waals surface area contributed by atoms with Crippen molar-refractivity contribution in [3.8, 4) is 5.75 Å². The molecule has 0 bridgehead atoms. The quantitative estimate of drug-likeness (QED) is 0.269. The maximum atomic E-state index is 14.5. The van der Waals surface area contributed by atoms with Crippen LogP contribution in [0.1, 0.15) is 15.9 Å². The second kappa shape index (κ2) is 6.02. The zero-order valence-corrected chi connectivity index (χ0v) is 13.6. The zero-order chi connectivity index (χ0) is 17.4. The number of carbonyl (C=O) groups excluding carboxylic acids is 1. The number of hydrogen-bond acceptors (Lipinski definition) is 2. The lowest BCUT2D eigenvalue weighted by molar-refractivity contribution is 0.0739. The van der Waals surface area contributed by atoms with Gasteiger partial charge in [0.2, 0.25) is 0 Å². The van der Waals surface area contributed by atoms with Gasteiger partial charge < -0.3 is 4.74 Å². The SMILES string of the molecule is Cc1ccc(C(=O)Oc2c3ccccc3cc3cccc(F)c23)cc1. The minimum Gasteiger partial charge on any atom is -0.421 e. The molecule has 0 saturated heterocycles. The summed E-state index contributed by atoms with van der Waals surface area (Å²) < 4.78 is 20.2. The molecule has 3 heteroatoms. The molecule has 122 valence electrons. The molecule has 0 aromatic heterocycles. The molecule has 0 fully saturated rings. The van der Waals surface area contributed by atoms with Gasteiger partial charge in [0.1, 0.15) is 11.6 Å². The topological polar surface area (TPSA) is 26.3 Å². The van der Waals surface area contributed by atoms with Gasteiger partial charge in [0.05, 0.1) is 10.9 Å². The van der Waals surface area contributed by atoms with E-state index in [0.29, 0.717) is 21.7 Å².